The molecule has 0 amide bonds. The molecule has 0 radical (unpaired) electrons. The minimum Gasteiger partial charge on any atom is -0.309 e. The van der Waals surface area contributed by atoms with Gasteiger partial charge in [-0.1, -0.05) is 273 Å². The molecule has 87 heavy (non-hydrogen) atoms. The van der Waals surface area contributed by atoms with Gasteiger partial charge in [0, 0.05) is 32.8 Å². The van der Waals surface area contributed by atoms with Gasteiger partial charge in [0.05, 0.1) is 33.2 Å². The maximum Gasteiger partial charge on any atom is 0.0713 e. The van der Waals surface area contributed by atoms with Crippen molar-refractivity contribution in [2.45, 2.75) is 5.41 Å². The Balaban J connectivity index is 0.686. The first-order valence-corrected chi connectivity index (χ1v) is 30.1. The fourth-order valence-electron chi connectivity index (χ4n) is 14.4. The van der Waals surface area contributed by atoms with Crippen molar-refractivity contribution in [3.63, 3.8) is 0 Å². The van der Waals surface area contributed by atoms with E-state index in [2.05, 4.69) is 349 Å². The molecule has 0 spiro atoms. The first-order chi connectivity index (χ1) is 43.1. The topological polar surface area (TPSA) is 9.86 Å². The van der Waals surface area contributed by atoms with Crippen LogP contribution in [0.25, 0.3) is 133 Å². The Morgan fingerprint density at radius 1 is 0.195 bits per heavy atom. The smallest absolute Gasteiger partial charge is 0.0713 e. The normalized spacial score (nSPS) is 12.5. The lowest BCUT2D eigenvalue weighted by atomic mass is 9.67. The third kappa shape index (κ3) is 8.17. The van der Waals surface area contributed by atoms with Gasteiger partial charge < -0.3 is 9.13 Å². The maximum absolute atomic E-state index is 2.44. The Labute approximate surface area is 506 Å². The summed E-state index contributed by atoms with van der Waals surface area (Å²) in [6, 6.07) is 126. The number of rotatable bonds is 10. The summed E-state index contributed by atoms with van der Waals surface area (Å²) >= 11 is 0. The Morgan fingerprint density at radius 2 is 0.575 bits per heavy atom. The highest BCUT2D eigenvalue weighted by Gasteiger charge is 2.46. The van der Waals surface area contributed by atoms with Gasteiger partial charge in [0.2, 0.25) is 0 Å². The molecule has 0 aliphatic heterocycles. The number of hydrogen-bond donors (Lipinski definition) is 0. The Morgan fingerprint density at radius 3 is 1.17 bits per heavy atom. The van der Waals surface area contributed by atoms with Crippen molar-refractivity contribution in [3.05, 3.63) is 362 Å². The van der Waals surface area contributed by atoms with Crippen molar-refractivity contribution in [1.29, 1.82) is 0 Å². The van der Waals surface area contributed by atoms with Crippen molar-refractivity contribution >= 4 is 43.6 Å². The first-order valence-electron chi connectivity index (χ1n) is 30.1. The molecule has 0 unspecified atom stereocenters. The van der Waals surface area contributed by atoms with E-state index in [1.165, 1.54) is 149 Å². The molecule has 0 saturated carbocycles. The van der Waals surface area contributed by atoms with Crippen LogP contribution in [-0.2, 0) is 5.41 Å². The van der Waals surface area contributed by atoms with Gasteiger partial charge in [-0.05, 0) is 161 Å². The summed E-state index contributed by atoms with van der Waals surface area (Å²) in [5.74, 6) is 0. The maximum atomic E-state index is 2.44. The van der Waals surface area contributed by atoms with Crippen molar-refractivity contribution in [1.82, 2.24) is 9.13 Å². The largest absolute Gasteiger partial charge is 0.309 e. The van der Waals surface area contributed by atoms with E-state index in [4.69, 9.17) is 0 Å². The molecule has 2 heterocycles. The summed E-state index contributed by atoms with van der Waals surface area (Å²) in [5, 5.41) is 4.95. The highest BCUT2D eigenvalue weighted by atomic mass is 15.0. The molecule has 17 rings (SSSR count). The van der Waals surface area contributed by atoms with E-state index in [9.17, 15) is 0 Å². The minimum atomic E-state index is -0.524. The quantitative estimate of drug-likeness (QED) is 0.129. The average molecular weight is 1110 g/mol. The predicted octanol–water partition coefficient (Wildman–Crippen LogP) is 22.2. The predicted molar refractivity (Wildman–Crippen MR) is 365 cm³/mol. The van der Waals surface area contributed by atoms with Crippen LogP contribution in [0.15, 0.2) is 340 Å². The van der Waals surface area contributed by atoms with Gasteiger partial charge in [-0.25, -0.2) is 0 Å². The summed E-state index contributed by atoms with van der Waals surface area (Å²) in [6.07, 6.45) is 0. The first kappa shape index (κ1) is 50.2. The number of hydrogen-bond acceptors (Lipinski definition) is 0. The van der Waals surface area contributed by atoms with E-state index in [0.29, 0.717) is 0 Å². The van der Waals surface area contributed by atoms with Gasteiger partial charge >= 0.3 is 0 Å². The van der Waals surface area contributed by atoms with E-state index >= 15 is 0 Å². The minimum absolute atomic E-state index is 0.524. The molecule has 2 heteroatoms. The molecule has 406 valence electrons. The summed E-state index contributed by atoms with van der Waals surface area (Å²) in [5.41, 5.74) is 28.6. The number of fused-ring (bicyclic) bond motifs is 9. The molecule has 0 N–H and O–H groups in total. The van der Waals surface area contributed by atoms with Crippen molar-refractivity contribution in [2.75, 3.05) is 0 Å². The Bertz CT molecular complexity index is 5250. The lowest BCUT2D eigenvalue weighted by molar-refractivity contribution is 0.769. The lowest BCUT2D eigenvalue weighted by Gasteiger charge is -2.34. The van der Waals surface area contributed by atoms with Gasteiger partial charge in [-0.15, -0.1) is 0 Å². The van der Waals surface area contributed by atoms with Crippen molar-refractivity contribution in [3.8, 4) is 89.3 Å². The van der Waals surface area contributed by atoms with Gasteiger partial charge in [0.25, 0.3) is 0 Å². The SMILES string of the molecule is c1ccc(-c2cccc(-c3ccc(C4(c5cccc(-c6ccc(-c7ccc(-n8c9ccccc9c9cc(-c%10ccc%11c(c%10)c%10ccccc%10n%11-c%10ccccc%10-c%10ccccc%10)ccc98)cc7)cc6)c5)c5ccccc5-c5ccccc54)cc3)c2)cc1. The highest BCUT2D eigenvalue weighted by Crippen LogP contribution is 2.56. The van der Waals surface area contributed by atoms with Crippen molar-refractivity contribution < 1.29 is 0 Å². The van der Waals surface area contributed by atoms with Crippen LogP contribution < -0.4 is 0 Å². The lowest BCUT2D eigenvalue weighted by Crippen LogP contribution is -2.28. The van der Waals surface area contributed by atoms with Crippen LogP contribution in [0.1, 0.15) is 22.3 Å². The standard InChI is InChI=1S/C85H56N2/c1-3-19-57(20-4-1)63-23-17-24-64(53-63)61-41-47-68(48-42-61)85(78-32-12-7-28-72(78)73-29-8-13-33-79(73)85)69-26-18-25-65(54-69)60-39-37-58(38-40-60)59-43-49-70(50-44-59)86-81-35-15-10-30-74(81)76-55-66(45-51-83(76)86)67-46-52-84-77(56-67)75-31-11-16-36-82(75)87(84)80-34-14-9-27-71(80)62-21-5-2-6-22-62/h1-56H. The number of nitrogens with zero attached hydrogens (tertiary/aromatic N) is 2. The Hall–Kier alpha value is -11.3. The summed E-state index contributed by atoms with van der Waals surface area (Å²) in [6.45, 7) is 0. The van der Waals surface area contributed by atoms with Gasteiger partial charge in [-0.3, -0.25) is 0 Å². The molecule has 2 aromatic heterocycles. The van der Waals surface area contributed by atoms with Crippen LogP contribution in [0.3, 0.4) is 0 Å². The third-order valence-electron chi connectivity index (χ3n) is 18.5. The highest BCUT2D eigenvalue weighted by molar-refractivity contribution is 6.13. The van der Waals surface area contributed by atoms with E-state index in [1.54, 1.807) is 0 Å². The molecular weight excluding hydrogens is 1050 g/mol. The molecule has 1 aliphatic rings. The number of benzene rings is 14. The van der Waals surface area contributed by atoms with Crippen LogP contribution in [-0.4, -0.2) is 9.13 Å². The number of para-hydroxylation sites is 3. The van der Waals surface area contributed by atoms with E-state index < -0.39 is 5.41 Å². The molecule has 16 aromatic rings. The van der Waals surface area contributed by atoms with Crippen molar-refractivity contribution in [2.24, 2.45) is 0 Å². The number of aromatic nitrogens is 2. The molecule has 2 nitrogen and oxygen atoms in total. The molecule has 1 aliphatic carbocycles. The van der Waals surface area contributed by atoms with E-state index in [-0.39, 0.29) is 0 Å². The molecule has 0 saturated heterocycles. The second-order valence-corrected chi connectivity index (χ2v) is 23.1. The fraction of sp³-hybridized carbons (Fsp3) is 0.0118. The molecule has 0 fully saturated rings. The fourth-order valence-corrected chi connectivity index (χ4v) is 14.4. The molecule has 0 bridgehead atoms. The van der Waals surface area contributed by atoms with Gasteiger partial charge in [-0.2, -0.15) is 0 Å². The van der Waals surface area contributed by atoms with Gasteiger partial charge in [0.1, 0.15) is 0 Å². The third-order valence-corrected chi connectivity index (χ3v) is 18.5. The monoisotopic (exact) mass is 1100 g/mol. The zero-order valence-electron chi connectivity index (χ0n) is 47.7. The van der Waals surface area contributed by atoms with E-state index in [0.717, 1.165) is 5.69 Å². The molecular formula is C85H56N2. The van der Waals surface area contributed by atoms with Crippen LogP contribution in [0.2, 0.25) is 0 Å². The van der Waals surface area contributed by atoms with Crippen LogP contribution in [0.5, 0.6) is 0 Å². The second kappa shape index (κ2) is 20.5. The zero-order valence-corrected chi connectivity index (χ0v) is 47.7. The zero-order chi connectivity index (χ0) is 57.4. The second-order valence-electron chi connectivity index (χ2n) is 23.1. The molecule has 0 atom stereocenters. The van der Waals surface area contributed by atoms with Crippen LogP contribution in [0, 0.1) is 0 Å². The van der Waals surface area contributed by atoms with Crippen LogP contribution >= 0.6 is 0 Å². The van der Waals surface area contributed by atoms with E-state index in [1.807, 2.05) is 0 Å². The molecule has 14 aromatic carbocycles. The average Bonchev–Trinajstić information content (AvgIpc) is 2.23. The summed E-state index contributed by atoms with van der Waals surface area (Å²) in [7, 11) is 0. The van der Waals surface area contributed by atoms with Gasteiger partial charge in [0.15, 0.2) is 0 Å². The summed E-state index contributed by atoms with van der Waals surface area (Å²) in [4.78, 5) is 0. The summed E-state index contributed by atoms with van der Waals surface area (Å²) < 4.78 is 4.86. The Kier molecular flexibility index (Phi) is 11.8. The van der Waals surface area contributed by atoms with Crippen LogP contribution in [0.4, 0.5) is 0 Å².